The van der Waals surface area contributed by atoms with Crippen molar-refractivity contribution >= 4 is 29.1 Å². The maximum Gasteiger partial charge on any atom is 0.274 e. The van der Waals surface area contributed by atoms with E-state index in [-0.39, 0.29) is 23.7 Å². The molecule has 0 spiro atoms. The molecule has 29 heavy (non-hydrogen) atoms. The Balaban J connectivity index is 1.56. The van der Waals surface area contributed by atoms with Crippen molar-refractivity contribution in [2.75, 3.05) is 43.6 Å². The summed E-state index contributed by atoms with van der Waals surface area (Å²) in [5.74, 6) is -0.240. The highest BCUT2D eigenvalue weighted by molar-refractivity contribution is 6.11. The molecule has 1 aliphatic rings. The van der Waals surface area contributed by atoms with Gasteiger partial charge in [0.2, 0.25) is 5.95 Å². The molecule has 0 saturated carbocycles. The van der Waals surface area contributed by atoms with Crippen LogP contribution in [0.4, 0.5) is 16.0 Å². The lowest BCUT2D eigenvalue weighted by atomic mass is 10.1. The van der Waals surface area contributed by atoms with Crippen LogP contribution >= 0.6 is 0 Å². The fraction of sp³-hybridized carbons (Fsp3) is 0.389. The standard InChI is InChI=1S/C18H21FN8O2/c1-24(9-5-19)18-22-14-10-12(4-8-27(14)23-18)21-16(28)15-13(11-20-25(15)2)17(29)26-6-3-7-26/h4,8,10-11H,3,5-7,9H2,1-2H3,(H,21,28). The van der Waals surface area contributed by atoms with E-state index < -0.39 is 12.6 Å². The van der Waals surface area contributed by atoms with Gasteiger partial charge >= 0.3 is 0 Å². The van der Waals surface area contributed by atoms with Crippen molar-refractivity contribution in [3.8, 4) is 0 Å². The number of nitrogens with zero attached hydrogens (tertiary/aromatic N) is 7. The number of hydrogen-bond acceptors (Lipinski definition) is 6. The van der Waals surface area contributed by atoms with Gasteiger partial charge in [0.15, 0.2) is 5.65 Å². The largest absolute Gasteiger partial charge is 0.340 e. The summed E-state index contributed by atoms with van der Waals surface area (Å²) in [7, 11) is 3.33. The van der Waals surface area contributed by atoms with Gasteiger partial charge in [0, 0.05) is 51.7 Å². The number of fused-ring (bicyclic) bond motifs is 1. The molecule has 0 atom stereocenters. The number of likely N-dealkylation sites (tertiary alicyclic amines) is 1. The Hall–Kier alpha value is -3.50. The van der Waals surface area contributed by atoms with Crippen LogP contribution in [0.3, 0.4) is 0 Å². The zero-order chi connectivity index (χ0) is 20.5. The fourth-order valence-electron chi connectivity index (χ4n) is 3.08. The Morgan fingerprint density at radius 1 is 1.34 bits per heavy atom. The molecule has 0 aliphatic carbocycles. The molecular formula is C18H21FN8O2. The summed E-state index contributed by atoms with van der Waals surface area (Å²) in [4.78, 5) is 33.0. The van der Waals surface area contributed by atoms with Gasteiger partial charge in [-0.2, -0.15) is 10.1 Å². The number of hydrogen-bond donors (Lipinski definition) is 1. The van der Waals surface area contributed by atoms with Gasteiger partial charge in [-0.25, -0.2) is 8.91 Å². The molecule has 11 heteroatoms. The molecule has 4 rings (SSSR count). The van der Waals surface area contributed by atoms with Crippen LogP contribution in [0.1, 0.15) is 27.3 Å². The van der Waals surface area contributed by atoms with Crippen molar-refractivity contribution in [3.63, 3.8) is 0 Å². The first kappa shape index (κ1) is 18.8. The predicted molar refractivity (Wildman–Crippen MR) is 104 cm³/mol. The zero-order valence-corrected chi connectivity index (χ0v) is 16.2. The number of alkyl halides is 1. The molecule has 1 fully saturated rings. The molecule has 3 aromatic heterocycles. The molecule has 3 aromatic rings. The van der Waals surface area contributed by atoms with E-state index in [1.165, 1.54) is 10.9 Å². The van der Waals surface area contributed by atoms with Crippen molar-refractivity contribution in [1.82, 2.24) is 29.3 Å². The SMILES string of the molecule is CN(CCF)c1nc2cc(NC(=O)c3c(C(=O)N4CCC4)cnn3C)ccn2n1. The van der Waals surface area contributed by atoms with Gasteiger partial charge in [0.25, 0.3) is 11.8 Å². The first-order chi connectivity index (χ1) is 14.0. The van der Waals surface area contributed by atoms with Crippen molar-refractivity contribution < 1.29 is 14.0 Å². The highest BCUT2D eigenvalue weighted by atomic mass is 19.1. The van der Waals surface area contributed by atoms with Crippen LogP contribution < -0.4 is 10.2 Å². The molecule has 10 nitrogen and oxygen atoms in total. The second kappa shape index (κ2) is 7.49. The quantitative estimate of drug-likeness (QED) is 0.662. The summed E-state index contributed by atoms with van der Waals surface area (Å²) in [6.07, 6.45) is 4.04. The zero-order valence-electron chi connectivity index (χ0n) is 16.2. The first-order valence-electron chi connectivity index (χ1n) is 9.24. The summed E-state index contributed by atoms with van der Waals surface area (Å²) >= 11 is 0. The van der Waals surface area contributed by atoms with Crippen LogP contribution in [0.2, 0.25) is 0 Å². The van der Waals surface area contributed by atoms with E-state index in [1.54, 1.807) is 46.7 Å². The van der Waals surface area contributed by atoms with Gasteiger partial charge < -0.3 is 15.1 Å². The number of halogens is 1. The Morgan fingerprint density at radius 3 is 2.83 bits per heavy atom. The normalized spacial score (nSPS) is 13.4. The van der Waals surface area contributed by atoms with Gasteiger partial charge in [-0.3, -0.25) is 14.3 Å². The molecule has 0 unspecified atom stereocenters. The minimum absolute atomic E-state index is 0.189. The Kier molecular flexibility index (Phi) is 4.87. The van der Waals surface area contributed by atoms with Crippen molar-refractivity contribution in [2.45, 2.75) is 6.42 Å². The van der Waals surface area contributed by atoms with Crippen molar-refractivity contribution in [3.05, 3.63) is 35.8 Å². The Morgan fingerprint density at radius 2 is 2.14 bits per heavy atom. The van der Waals surface area contributed by atoms with E-state index in [0.717, 1.165) is 6.42 Å². The predicted octanol–water partition coefficient (Wildman–Crippen LogP) is 0.967. The number of amides is 2. The first-order valence-corrected chi connectivity index (χ1v) is 9.24. The van der Waals surface area contributed by atoms with Gasteiger partial charge in [-0.15, -0.1) is 5.10 Å². The van der Waals surface area contributed by atoms with E-state index in [1.807, 2.05) is 0 Å². The minimum Gasteiger partial charge on any atom is -0.340 e. The molecule has 0 bridgehead atoms. The molecule has 1 N–H and O–H groups in total. The lowest BCUT2D eigenvalue weighted by Crippen LogP contribution is -2.42. The molecular weight excluding hydrogens is 379 g/mol. The monoisotopic (exact) mass is 400 g/mol. The highest BCUT2D eigenvalue weighted by Crippen LogP contribution is 2.19. The third-order valence-corrected chi connectivity index (χ3v) is 4.87. The second-order valence-electron chi connectivity index (χ2n) is 6.87. The highest BCUT2D eigenvalue weighted by Gasteiger charge is 2.28. The summed E-state index contributed by atoms with van der Waals surface area (Å²) < 4.78 is 15.5. The summed E-state index contributed by atoms with van der Waals surface area (Å²) in [6.45, 7) is 1.07. The number of anilines is 2. The number of rotatable bonds is 6. The molecule has 152 valence electrons. The number of aromatic nitrogens is 5. The van der Waals surface area contributed by atoms with Crippen LogP contribution in [-0.2, 0) is 7.05 Å². The lowest BCUT2D eigenvalue weighted by molar-refractivity contribution is 0.0648. The number of carbonyl (C=O) groups is 2. The summed E-state index contributed by atoms with van der Waals surface area (Å²) in [6, 6.07) is 3.33. The van der Waals surface area contributed by atoms with Gasteiger partial charge in [0.1, 0.15) is 12.4 Å². The molecule has 2 amide bonds. The molecule has 1 saturated heterocycles. The number of pyridine rings is 1. The van der Waals surface area contributed by atoms with Crippen LogP contribution in [0.25, 0.3) is 5.65 Å². The van der Waals surface area contributed by atoms with Crippen molar-refractivity contribution in [1.29, 1.82) is 0 Å². The number of aryl methyl sites for hydroxylation is 1. The smallest absolute Gasteiger partial charge is 0.274 e. The van der Waals surface area contributed by atoms with Crippen LogP contribution in [0.15, 0.2) is 24.5 Å². The van der Waals surface area contributed by atoms with Crippen molar-refractivity contribution in [2.24, 2.45) is 7.05 Å². The average molecular weight is 400 g/mol. The van der Waals surface area contributed by atoms with Crippen LogP contribution in [0, 0.1) is 0 Å². The number of carbonyl (C=O) groups excluding carboxylic acids is 2. The Labute approximate surface area is 165 Å². The fourth-order valence-corrected chi connectivity index (χ4v) is 3.08. The van der Waals surface area contributed by atoms with Gasteiger partial charge in [-0.1, -0.05) is 0 Å². The van der Waals surface area contributed by atoms with E-state index in [2.05, 4.69) is 20.5 Å². The van der Waals surface area contributed by atoms with E-state index >= 15 is 0 Å². The van der Waals surface area contributed by atoms with E-state index in [0.29, 0.717) is 30.4 Å². The third-order valence-electron chi connectivity index (χ3n) is 4.87. The lowest BCUT2D eigenvalue weighted by Gasteiger charge is -2.30. The minimum atomic E-state index is -0.503. The number of nitrogens with one attached hydrogen (secondary N) is 1. The second-order valence-corrected chi connectivity index (χ2v) is 6.87. The molecule has 4 heterocycles. The molecule has 0 aromatic carbocycles. The summed E-state index contributed by atoms with van der Waals surface area (Å²) in [5.41, 5.74) is 1.48. The van der Waals surface area contributed by atoms with Gasteiger partial charge in [0.05, 0.1) is 11.8 Å². The molecule has 0 radical (unpaired) electrons. The van der Waals surface area contributed by atoms with E-state index in [9.17, 15) is 14.0 Å². The topological polar surface area (TPSA) is 101 Å². The Bertz CT molecular complexity index is 1070. The summed E-state index contributed by atoms with van der Waals surface area (Å²) in [5, 5.41) is 11.1. The maximum absolute atomic E-state index is 12.8. The van der Waals surface area contributed by atoms with Crippen LogP contribution in [-0.4, -0.2) is 74.4 Å². The maximum atomic E-state index is 12.8. The van der Waals surface area contributed by atoms with Crippen LogP contribution in [0.5, 0.6) is 0 Å². The average Bonchev–Trinajstić information content (AvgIpc) is 3.23. The molecule has 1 aliphatic heterocycles. The van der Waals surface area contributed by atoms with Gasteiger partial charge in [-0.05, 0) is 12.5 Å². The third kappa shape index (κ3) is 3.50. The van der Waals surface area contributed by atoms with E-state index in [4.69, 9.17) is 0 Å².